The molecule has 3 aromatic rings. The summed E-state index contributed by atoms with van der Waals surface area (Å²) >= 11 is 0. The number of carboxylic acids is 1. The molecule has 8 N–H and O–H groups in total. The number of hydrogen-bond acceptors (Lipinski definition) is 5. The van der Waals surface area contributed by atoms with E-state index in [0.717, 1.165) is 16.7 Å². The Balaban J connectivity index is 0.000000782. The van der Waals surface area contributed by atoms with E-state index in [4.69, 9.17) is 21.4 Å². The van der Waals surface area contributed by atoms with Crippen LogP contribution in [0.5, 0.6) is 5.75 Å². The van der Waals surface area contributed by atoms with Crippen LogP contribution in [0.15, 0.2) is 89.9 Å². The van der Waals surface area contributed by atoms with Crippen molar-refractivity contribution in [1.82, 2.24) is 10.6 Å². The summed E-state index contributed by atoms with van der Waals surface area (Å²) in [5.41, 5.74) is 13.3. The summed E-state index contributed by atoms with van der Waals surface area (Å²) in [5.74, 6) is -3.77. The fourth-order valence-corrected chi connectivity index (χ4v) is 3.74. The van der Waals surface area contributed by atoms with Gasteiger partial charge in [-0.2, -0.15) is 13.2 Å². The van der Waals surface area contributed by atoms with Crippen molar-refractivity contribution >= 4 is 23.7 Å². The molecule has 224 valence electrons. The first kappa shape index (κ1) is 33.1. The molecule has 0 heterocycles. The third kappa shape index (κ3) is 11.6. The smallest absolute Gasteiger partial charge is 0.490 e. The van der Waals surface area contributed by atoms with Crippen LogP contribution in [-0.4, -0.2) is 52.7 Å². The molecule has 0 spiro atoms. The fourth-order valence-electron chi connectivity index (χ4n) is 3.74. The number of benzene rings is 3. The second-order valence-electron chi connectivity index (χ2n) is 8.95. The number of nitrogens with zero attached hydrogens (tertiary/aromatic N) is 1. The summed E-state index contributed by atoms with van der Waals surface area (Å²) < 4.78 is 31.7. The lowest BCUT2D eigenvalue weighted by molar-refractivity contribution is -0.192. The van der Waals surface area contributed by atoms with Crippen molar-refractivity contribution < 1.29 is 37.8 Å². The van der Waals surface area contributed by atoms with Crippen LogP contribution in [0.1, 0.15) is 35.4 Å². The Kier molecular flexibility index (Phi) is 12.8. The lowest BCUT2D eigenvalue weighted by Gasteiger charge is -2.23. The molecule has 0 aliphatic rings. The van der Waals surface area contributed by atoms with E-state index in [2.05, 4.69) is 15.6 Å². The van der Waals surface area contributed by atoms with Crippen molar-refractivity contribution in [3.63, 3.8) is 0 Å². The van der Waals surface area contributed by atoms with Crippen LogP contribution in [0.25, 0.3) is 0 Å². The van der Waals surface area contributed by atoms with Crippen LogP contribution >= 0.6 is 0 Å². The molecule has 10 nitrogen and oxygen atoms in total. The summed E-state index contributed by atoms with van der Waals surface area (Å²) in [6.07, 6.45) is -4.21. The highest BCUT2D eigenvalue weighted by molar-refractivity contribution is 5.92. The molecule has 13 heteroatoms. The molecule has 0 radical (unpaired) electrons. The lowest BCUT2D eigenvalue weighted by atomic mass is 9.90. The number of halogens is 3. The van der Waals surface area contributed by atoms with Crippen LogP contribution in [0.2, 0.25) is 0 Å². The van der Waals surface area contributed by atoms with E-state index in [9.17, 15) is 27.9 Å². The molecule has 3 aromatic carbocycles. The average molecular weight is 588 g/mol. The zero-order valence-corrected chi connectivity index (χ0v) is 22.4. The molecule has 0 aliphatic carbocycles. The molecule has 3 rings (SSSR count). The molecule has 0 bridgehead atoms. The Morgan fingerprint density at radius 2 is 1.33 bits per heavy atom. The molecular formula is C29H32F3N5O5. The van der Waals surface area contributed by atoms with Gasteiger partial charge in [0.25, 0.3) is 0 Å². The largest absolute Gasteiger partial charge is 0.508 e. The monoisotopic (exact) mass is 587 g/mol. The first-order valence-electron chi connectivity index (χ1n) is 12.7. The second kappa shape index (κ2) is 16.3. The molecule has 2 amide bonds. The quantitative estimate of drug-likeness (QED) is 0.113. The molecule has 1 atom stereocenters. The number of amides is 2. The highest BCUT2D eigenvalue weighted by Gasteiger charge is 2.38. The Morgan fingerprint density at radius 3 is 1.79 bits per heavy atom. The van der Waals surface area contributed by atoms with Crippen LogP contribution in [0.4, 0.5) is 13.2 Å². The van der Waals surface area contributed by atoms with Gasteiger partial charge in [-0.1, -0.05) is 72.8 Å². The van der Waals surface area contributed by atoms with Gasteiger partial charge in [0.05, 0.1) is 5.92 Å². The Bertz CT molecular complexity index is 1280. The molecule has 0 aliphatic heterocycles. The predicted molar refractivity (Wildman–Crippen MR) is 150 cm³/mol. The number of aromatic hydroxyl groups is 1. The first-order valence-corrected chi connectivity index (χ1v) is 12.7. The zero-order valence-electron chi connectivity index (χ0n) is 22.4. The van der Waals surface area contributed by atoms with E-state index in [1.54, 1.807) is 24.3 Å². The predicted octanol–water partition coefficient (Wildman–Crippen LogP) is 3.01. The van der Waals surface area contributed by atoms with E-state index < -0.39 is 24.1 Å². The number of carbonyl (C=O) groups excluding carboxylic acids is 2. The fraction of sp³-hybridized carbons (Fsp3) is 0.241. The summed E-state index contributed by atoms with van der Waals surface area (Å²) in [6, 6.07) is 24.7. The van der Waals surface area contributed by atoms with Gasteiger partial charge in [-0.25, -0.2) is 4.79 Å². The van der Waals surface area contributed by atoms with Crippen LogP contribution < -0.4 is 22.1 Å². The molecule has 0 saturated carbocycles. The van der Waals surface area contributed by atoms with Crippen LogP contribution in [-0.2, 0) is 20.9 Å². The Morgan fingerprint density at radius 1 is 0.833 bits per heavy atom. The Labute approximate surface area is 240 Å². The number of guanidine groups is 1. The van der Waals surface area contributed by atoms with Crippen molar-refractivity contribution in [1.29, 1.82) is 0 Å². The minimum Gasteiger partial charge on any atom is -0.508 e. The molecule has 0 unspecified atom stereocenters. The van der Waals surface area contributed by atoms with Crippen molar-refractivity contribution in [2.75, 3.05) is 6.54 Å². The van der Waals surface area contributed by atoms with Crippen molar-refractivity contribution in [3.05, 3.63) is 102 Å². The SMILES string of the molecule is NC(N)=NCCC[C@@H](NC(=O)C(c1ccccc1)c1ccccc1)C(=O)NCc1ccc(O)cc1.O=C(O)C(F)(F)F. The molecule has 0 fully saturated rings. The highest BCUT2D eigenvalue weighted by Crippen LogP contribution is 2.25. The summed E-state index contributed by atoms with van der Waals surface area (Å²) in [5, 5.41) is 22.4. The lowest BCUT2D eigenvalue weighted by Crippen LogP contribution is -2.48. The number of nitrogens with two attached hydrogens (primary N) is 2. The van der Waals surface area contributed by atoms with Gasteiger partial charge in [0, 0.05) is 13.1 Å². The maximum atomic E-state index is 13.5. The van der Waals surface area contributed by atoms with E-state index in [1.807, 2.05) is 60.7 Å². The second-order valence-corrected chi connectivity index (χ2v) is 8.95. The number of rotatable bonds is 11. The number of hydrogen-bond donors (Lipinski definition) is 6. The summed E-state index contributed by atoms with van der Waals surface area (Å²) in [4.78, 5) is 39.5. The minimum absolute atomic E-state index is 0.0180. The van der Waals surface area contributed by atoms with E-state index in [0.29, 0.717) is 19.4 Å². The van der Waals surface area contributed by atoms with Crippen molar-refractivity contribution in [2.45, 2.75) is 37.5 Å². The average Bonchev–Trinajstić information content (AvgIpc) is 2.95. The number of alkyl halides is 3. The number of carbonyl (C=O) groups is 3. The van der Waals surface area contributed by atoms with Gasteiger partial charge >= 0.3 is 12.1 Å². The molecule has 42 heavy (non-hydrogen) atoms. The molecular weight excluding hydrogens is 555 g/mol. The third-order valence-electron chi connectivity index (χ3n) is 5.75. The Hall–Kier alpha value is -5.07. The number of phenolic OH excluding ortho intramolecular Hbond substituents is 1. The third-order valence-corrected chi connectivity index (χ3v) is 5.75. The molecule has 0 saturated heterocycles. The van der Waals surface area contributed by atoms with Gasteiger partial charge in [0.1, 0.15) is 11.8 Å². The first-order chi connectivity index (χ1) is 19.9. The standard InChI is InChI=1S/C27H31N5O3.C2HF3O2/c28-27(29)30-17-7-12-23(25(34)31-18-19-13-15-22(33)16-14-19)32-26(35)24(20-8-3-1-4-9-20)21-10-5-2-6-11-21;3-2(4,5)1(6)7/h1-6,8-11,13-16,23-24,33H,7,12,17-18H2,(H,31,34)(H,32,35)(H4,28,29,30);(H,6,7)/t23-;/m1./s1. The topological polar surface area (TPSA) is 180 Å². The van der Waals surface area contributed by atoms with E-state index in [1.165, 1.54) is 0 Å². The summed E-state index contributed by atoms with van der Waals surface area (Å²) in [6.45, 7) is 0.612. The van der Waals surface area contributed by atoms with Crippen molar-refractivity contribution in [3.8, 4) is 5.75 Å². The maximum absolute atomic E-state index is 13.5. The van der Waals surface area contributed by atoms with Crippen LogP contribution in [0.3, 0.4) is 0 Å². The maximum Gasteiger partial charge on any atom is 0.490 e. The van der Waals surface area contributed by atoms with Gasteiger partial charge in [0.15, 0.2) is 5.96 Å². The number of phenols is 1. The molecule has 0 aromatic heterocycles. The number of nitrogens with one attached hydrogen (secondary N) is 2. The zero-order chi connectivity index (χ0) is 31.1. The highest BCUT2D eigenvalue weighted by atomic mass is 19.4. The van der Waals surface area contributed by atoms with E-state index >= 15 is 0 Å². The number of carboxylic acid groups (broad SMARTS) is 1. The number of aliphatic imine (C=N–C) groups is 1. The van der Waals surface area contributed by atoms with Crippen molar-refractivity contribution in [2.24, 2.45) is 16.5 Å². The van der Waals surface area contributed by atoms with Gasteiger partial charge < -0.3 is 32.3 Å². The van der Waals surface area contributed by atoms with Gasteiger partial charge in [-0.15, -0.1) is 0 Å². The van der Waals surface area contributed by atoms with E-state index in [-0.39, 0.29) is 30.1 Å². The summed E-state index contributed by atoms with van der Waals surface area (Å²) in [7, 11) is 0. The van der Waals surface area contributed by atoms with Gasteiger partial charge in [0.2, 0.25) is 11.8 Å². The normalized spacial score (nSPS) is 11.4. The van der Waals surface area contributed by atoms with Gasteiger partial charge in [-0.3, -0.25) is 14.6 Å². The van der Waals surface area contributed by atoms with Gasteiger partial charge in [-0.05, 0) is 41.7 Å². The van der Waals surface area contributed by atoms with Crippen LogP contribution in [0, 0.1) is 0 Å². The number of aliphatic carboxylic acids is 1. The minimum atomic E-state index is -5.08.